The fourth-order valence-corrected chi connectivity index (χ4v) is 4.63. The number of amides is 1. The van der Waals surface area contributed by atoms with E-state index in [1.54, 1.807) is 0 Å². The minimum Gasteiger partial charge on any atom is -0.345 e. The zero-order valence-corrected chi connectivity index (χ0v) is 18.7. The number of halogens is 3. The first-order chi connectivity index (χ1) is 16.0. The number of pyridine rings is 1. The van der Waals surface area contributed by atoms with Crippen molar-refractivity contribution in [3.63, 3.8) is 0 Å². The van der Waals surface area contributed by atoms with Crippen molar-refractivity contribution in [3.8, 4) is 11.1 Å². The Morgan fingerprint density at radius 1 is 1.03 bits per heavy atom. The zero-order valence-electron chi connectivity index (χ0n) is 18.7. The number of likely N-dealkylation sites (tertiary alicyclic amines) is 2. The predicted molar refractivity (Wildman–Crippen MR) is 122 cm³/mol. The molecule has 0 saturated carbocycles. The molecule has 178 valence electrons. The highest BCUT2D eigenvalue weighted by Crippen LogP contribution is 2.23. The van der Waals surface area contributed by atoms with Gasteiger partial charge in [0.2, 0.25) is 0 Å². The summed E-state index contributed by atoms with van der Waals surface area (Å²) in [7, 11) is 0. The maximum atomic E-state index is 13.1. The lowest BCUT2D eigenvalue weighted by molar-refractivity contribution is -0.132. The van der Waals surface area contributed by atoms with Gasteiger partial charge in [0.15, 0.2) is 0 Å². The summed E-state index contributed by atoms with van der Waals surface area (Å²) in [6.45, 7) is 4.66. The van der Waals surface area contributed by atoms with E-state index in [4.69, 9.17) is 0 Å². The van der Waals surface area contributed by atoms with Gasteiger partial charge in [-0.2, -0.15) is 8.78 Å². The summed E-state index contributed by atoms with van der Waals surface area (Å²) in [6.07, 6.45) is 2.89. The molecular weight excluding hydrogens is 429 g/mol. The molecule has 2 aromatic rings. The van der Waals surface area contributed by atoms with Crippen LogP contribution in [0.1, 0.15) is 30.5 Å². The highest BCUT2D eigenvalue weighted by molar-refractivity contribution is 5.79. The van der Waals surface area contributed by atoms with Crippen LogP contribution in [-0.4, -0.2) is 72.1 Å². The molecule has 0 spiro atoms. The van der Waals surface area contributed by atoms with Crippen LogP contribution in [0.2, 0.25) is 0 Å². The van der Waals surface area contributed by atoms with Gasteiger partial charge in [0.25, 0.3) is 5.91 Å². The molecule has 8 heteroatoms. The molecule has 2 aliphatic rings. The number of nitrogens with one attached hydrogen (secondary N) is 1. The fraction of sp³-hybridized carbons (Fsp3) is 0.520. The van der Waals surface area contributed by atoms with Crippen molar-refractivity contribution < 1.29 is 18.0 Å². The van der Waals surface area contributed by atoms with E-state index in [0.29, 0.717) is 6.04 Å². The van der Waals surface area contributed by atoms with E-state index in [9.17, 15) is 18.0 Å². The third-order valence-electron chi connectivity index (χ3n) is 6.56. The molecule has 1 aromatic carbocycles. The van der Waals surface area contributed by atoms with Gasteiger partial charge in [-0.15, -0.1) is 0 Å². The first-order valence-corrected chi connectivity index (χ1v) is 11.7. The number of nitrogens with zero attached hydrogens (tertiary/aromatic N) is 3. The Kier molecular flexibility index (Phi) is 7.98. The fourth-order valence-electron chi connectivity index (χ4n) is 4.63. The van der Waals surface area contributed by atoms with Crippen molar-refractivity contribution in [2.75, 3.05) is 32.9 Å². The average molecular weight is 461 g/mol. The molecule has 5 nitrogen and oxygen atoms in total. The number of piperidine rings is 1. The van der Waals surface area contributed by atoms with Gasteiger partial charge in [-0.05, 0) is 49.5 Å². The topological polar surface area (TPSA) is 48.5 Å². The normalized spacial score (nSPS) is 18.8. The molecule has 0 bridgehead atoms. The second kappa shape index (κ2) is 11.1. The summed E-state index contributed by atoms with van der Waals surface area (Å²) in [5.41, 5.74) is 3.77. The van der Waals surface area contributed by atoms with Crippen molar-refractivity contribution in [1.82, 2.24) is 20.1 Å². The van der Waals surface area contributed by atoms with E-state index >= 15 is 0 Å². The lowest BCUT2D eigenvalue weighted by Crippen LogP contribution is -2.59. The molecule has 2 saturated heterocycles. The minimum absolute atomic E-state index is 0.153. The molecule has 0 radical (unpaired) electrons. The highest BCUT2D eigenvalue weighted by atomic mass is 19.3. The molecule has 1 N–H and O–H groups in total. The molecule has 0 aliphatic carbocycles. The second-order valence-electron chi connectivity index (χ2n) is 9.04. The highest BCUT2D eigenvalue weighted by Gasteiger charge is 2.32. The standard InChI is InChI=1S/C25H31F3N4O/c26-13-22(30-25(33)24(27)28)12-18-4-6-19(7-5-18)20-8-9-21(29-14-20)15-31-16-23(17-31)32-10-2-1-3-11-32/h4-9,14,22-24H,1-3,10-13,15-17H2,(H,30,33). The van der Waals surface area contributed by atoms with Crippen LogP contribution in [0.15, 0.2) is 42.6 Å². The lowest BCUT2D eigenvalue weighted by atomic mass is 10.0. The molecule has 4 rings (SSSR count). The van der Waals surface area contributed by atoms with Gasteiger partial charge in [0.1, 0.15) is 6.67 Å². The third kappa shape index (κ3) is 6.32. The van der Waals surface area contributed by atoms with E-state index < -0.39 is 25.0 Å². The number of aromatic nitrogens is 1. The Labute approximate surface area is 193 Å². The van der Waals surface area contributed by atoms with Crippen LogP contribution in [-0.2, 0) is 17.8 Å². The minimum atomic E-state index is -3.14. The molecule has 3 heterocycles. The van der Waals surface area contributed by atoms with Crippen molar-refractivity contribution in [1.29, 1.82) is 0 Å². The Morgan fingerprint density at radius 3 is 2.33 bits per heavy atom. The van der Waals surface area contributed by atoms with Gasteiger partial charge in [-0.3, -0.25) is 19.6 Å². The SMILES string of the molecule is O=C(NC(CF)Cc1ccc(-c2ccc(CN3CC(N4CCCCC4)C3)nc2)cc1)C(F)F. The van der Waals surface area contributed by atoms with E-state index in [1.165, 1.54) is 32.4 Å². The quantitative estimate of drug-likeness (QED) is 0.620. The van der Waals surface area contributed by atoms with Crippen LogP contribution >= 0.6 is 0 Å². The van der Waals surface area contributed by atoms with Gasteiger partial charge in [-0.1, -0.05) is 36.8 Å². The largest absolute Gasteiger partial charge is 0.345 e. The molecule has 1 aromatic heterocycles. The Balaban J connectivity index is 1.27. The molecule has 2 aliphatic heterocycles. The van der Waals surface area contributed by atoms with Gasteiger partial charge >= 0.3 is 6.43 Å². The average Bonchev–Trinajstić information content (AvgIpc) is 2.82. The third-order valence-corrected chi connectivity index (χ3v) is 6.56. The summed E-state index contributed by atoms with van der Waals surface area (Å²) in [6, 6.07) is 11.3. The van der Waals surface area contributed by atoms with Crippen molar-refractivity contribution in [2.45, 2.75) is 50.7 Å². The molecule has 2 fully saturated rings. The number of hydrogen-bond acceptors (Lipinski definition) is 4. The predicted octanol–water partition coefficient (Wildman–Crippen LogP) is 3.68. The number of rotatable bonds is 9. The molecule has 1 amide bonds. The zero-order chi connectivity index (χ0) is 23.2. The van der Waals surface area contributed by atoms with Crippen molar-refractivity contribution in [3.05, 3.63) is 53.9 Å². The van der Waals surface area contributed by atoms with Crippen molar-refractivity contribution in [2.24, 2.45) is 0 Å². The first-order valence-electron chi connectivity index (χ1n) is 11.7. The van der Waals surface area contributed by atoms with E-state index in [-0.39, 0.29) is 6.42 Å². The summed E-state index contributed by atoms with van der Waals surface area (Å²) in [4.78, 5) is 20.8. The van der Waals surface area contributed by atoms with Gasteiger partial charge in [-0.25, -0.2) is 4.39 Å². The summed E-state index contributed by atoms with van der Waals surface area (Å²) >= 11 is 0. The van der Waals surface area contributed by atoms with Gasteiger partial charge in [0, 0.05) is 37.4 Å². The Hall–Kier alpha value is -2.45. The number of carbonyl (C=O) groups is 1. The summed E-state index contributed by atoms with van der Waals surface area (Å²) < 4.78 is 37.9. The van der Waals surface area contributed by atoms with Crippen molar-refractivity contribution >= 4 is 5.91 Å². The van der Waals surface area contributed by atoms with Crippen LogP contribution in [0.3, 0.4) is 0 Å². The van der Waals surface area contributed by atoms with Crippen LogP contribution < -0.4 is 5.32 Å². The van der Waals surface area contributed by atoms with Crippen LogP contribution in [0, 0.1) is 0 Å². The smallest absolute Gasteiger partial charge is 0.315 e. The number of benzene rings is 1. The van der Waals surface area contributed by atoms with Crippen LogP contribution in [0.25, 0.3) is 11.1 Å². The number of hydrogen-bond donors (Lipinski definition) is 1. The summed E-state index contributed by atoms with van der Waals surface area (Å²) in [5, 5.41) is 2.03. The summed E-state index contributed by atoms with van der Waals surface area (Å²) in [5.74, 6) is -1.44. The number of alkyl halides is 3. The first kappa shape index (κ1) is 23.7. The van der Waals surface area contributed by atoms with Gasteiger partial charge in [0.05, 0.1) is 11.7 Å². The van der Waals surface area contributed by atoms with E-state index in [2.05, 4.69) is 20.9 Å². The second-order valence-corrected chi connectivity index (χ2v) is 9.04. The molecular formula is C25H31F3N4O. The molecule has 33 heavy (non-hydrogen) atoms. The Bertz CT molecular complexity index is 895. The van der Waals surface area contributed by atoms with Crippen LogP contribution in [0.4, 0.5) is 13.2 Å². The maximum absolute atomic E-state index is 13.1. The van der Waals surface area contributed by atoms with E-state index in [0.717, 1.165) is 42.0 Å². The van der Waals surface area contributed by atoms with Crippen LogP contribution in [0.5, 0.6) is 0 Å². The molecule has 1 unspecified atom stereocenters. The molecule has 1 atom stereocenters. The number of carbonyl (C=O) groups excluding carboxylic acids is 1. The maximum Gasteiger partial charge on any atom is 0.315 e. The van der Waals surface area contributed by atoms with Gasteiger partial charge < -0.3 is 5.32 Å². The van der Waals surface area contributed by atoms with E-state index in [1.807, 2.05) is 41.8 Å². The lowest BCUT2D eigenvalue weighted by Gasteiger charge is -2.46. The Morgan fingerprint density at radius 2 is 1.73 bits per heavy atom. The monoisotopic (exact) mass is 460 g/mol.